The summed E-state index contributed by atoms with van der Waals surface area (Å²) < 4.78 is 10.3. The molecule has 7 heteroatoms. The highest BCUT2D eigenvalue weighted by Crippen LogP contribution is 2.58. The summed E-state index contributed by atoms with van der Waals surface area (Å²) in [4.78, 5) is 24.2. The summed E-state index contributed by atoms with van der Waals surface area (Å²) in [5.41, 5.74) is 0.516. The van der Waals surface area contributed by atoms with Crippen LogP contribution in [-0.4, -0.2) is 25.0 Å². The molecule has 1 aliphatic carbocycles. The molecule has 1 aromatic carbocycles. The molecule has 0 spiro atoms. The molecule has 2 atom stereocenters. The van der Waals surface area contributed by atoms with E-state index < -0.39 is 11.4 Å². The fourth-order valence-electron chi connectivity index (χ4n) is 2.76. The summed E-state index contributed by atoms with van der Waals surface area (Å²) in [5.74, 6) is -0.180. The van der Waals surface area contributed by atoms with Gasteiger partial charge in [-0.05, 0) is 24.5 Å². The lowest BCUT2D eigenvalue weighted by Gasteiger charge is -2.30. The molecule has 0 heterocycles. The van der Waals surface area contributed by atoms with Crippen LogP contribution in [0.3, 0.4) is 0 Å². The summed E-state index contributed by atoms with van der Waals surface area (Å²) in [5, 5.41) is 0.285. The van der Waals surface area contributed by atoms with Gasteiger partial charge < -0.3 is 9.47 Å². The zero-order valence-corrected chi connectivity index (χ0v) is 17.0. The average molecular weight is 438 g/mol. The summed E-state index contributed by atoms with van der Waals surface area (Å²) in [6.45, 7) is 7.60. The molecule has 0 fully saturated rings. The Hall–Kier alpha value is -0.780. The number of hydrogen-bond acceptors (Lipinski definition) is 4. The monoisotopic (exact) mass is 436 g/mol. The van der Waals surface area contributed by atoms with Gasteiger partial charge in [0.25, 0.3) is 0 Å². The van der Waals surface area contributed by atoms with Crippen LogP contribution in [0.4, 0.5) is 0 Å². The van der Waals surface area contributed by atoms with Gasteiger partial charge in [-0.15, -0.1) is 0 Å². The third kappa shape index (κ3) is 3.06. The van der Waals surface area contributed by atoms with E-state index in [1.807, 2.05) is 20.8 Å². The number of hydrogen-bond donors (Lipinski definition) is 0. The van der Waals surface area contributed by atoms with Crippen molar-refractivity contribution in [1.29, 1.82) is 0 Å². The van der Waals surface area contributed by atoms with E-state index in [4.69, 9.17) is 32.7 Å². The molecule has 4 nitrogen and oxygen atoms in total. The Balaban J connectivity index is 2.43. The van der Waals surface area contributed by atoms with Gasteiger partial charge >= 0.3 is 5.97 Å². The molecule has 0 bridgehead atoms. The molecule has 2 unspecified atom stereocenters. The Morgan fingerprint density at radius 1 is 1.38 bits per heavy atom. The SMILES string of the molecule is CCOC(=O)COc1cc2c(c(Cl)c1Cl)C(=O)C(C)(C(C)C)C2Br. The topological polar surface area (TPSA) is 52.6 Å². The summed E-state index contributed by atoms with van der Waals surface area (Å²) in [7, 11) is 0. The number of alkyl halides is 1. The van der Waals surface area contributed by atoms with Crippen molar-refractivity contribution in [3.8, 4) is 5.75 Å². The van der Waals surface area contributed by atoms with Crippen molar-refractivity contribution in [3.63, 3.8) is 0 Å². The first-order valence-electron chi connectivity index (χ1n) is 7.65. The molecule has 0 saturated carbocycles. The van der Waals surface area contributed by atoms with Crippen LogP contribution in [-0.2, 0) is 9.53 Å². The van der Waals surface area contributed by atoms with Crippen molar-refractivity contribution in [3.05, 3.63) is 27.2 Å². The number of carbonyl (C=O) groups excluding carboxylic acids is 2. The minimum absolute atomic E-state index is 0.0433. The van der Waals surface area contributed by atoms with Crippen LogP contribution in [0.2, 0.25) is 10.0 Å². The van der Waals surface area contributed by atoms with Crippen LogP contribution in [0.15, 0.2) is 6.07 Å². The summed E-state index contributed by atoms with van der Waals surface area (Å²) in [6.07, 6.45) is 0. The highest BCUT2D eigenvalue weighted by atomic mass is 79.9. The molecular weight excluding hydrogens is 419 g/mol. The Morgan fingerprint density at radius 2 is 2.00 bits per heavy atom. The molecule has 0 radical (unpaired) electrons. The van der Waals surface area contributed by atoms with Crippen molar-refractivity contribution in [2.45, 2.75) is 32.5 Å². The molecule has 0 aromatic heterocycles. The largest absolute Gasteiger partial charge is 0.480 e. The van der Waals surface area contributed by atoms with E-state index in [-0.39, 0.29) is 45.5 Å². The van der Waals surface area contributed by atoms with E-state index >= 15 is 0 Å². The predicted octanol–water partition coefficient (Wildman–Crippen LogP) is 5.23. The fraction of sp³-hybridized carbons (Fsp3) is 0.529. The van der Waals surface area contributed by atoms with Crippen LogP contribution >= 0.6 is 39.1 Å². The van der Waals surface area contributed by atoms with Gasteiger partial charge in [0.15, 0.2) is 12.4 Å². The van der Waals surface area contributed by atoms with Crippen LogP contribution in [0.5, 0.6) is 5.75 Å². The number of benzene rings is 1. The first kappa shape index (κ1) is 19.5. The number of esters is 1. The van der Waals surface area contributed by atoms with Gasteiger partial charge in [-0.2, -0.15) is 0 Å². The molecule has 1 aromatic rings. The second kappa shape index (κ2) is 7.22. The number of ketones is 1. The number of carbonyl (C=O) groups is 2. The predicted molar refractivity (Wildman–Crippen MR) is 97.5 cm³/mol. The first-order chi connectivity index (χ1) is 11.2. The van der Waals surface area contributed by atoms with Crippen LogP contribution in [0.1, 0.15) is 48.4 Å². The van der Waals surface area contributed by atoms with E-state index in [1.165, 1.54) is 0 Å². The van der Waals surface area contributed by atoms with Gasteiger partial charge in [-0.1, -0.05) is 59.9 Å². The quantitative estimate of drug-likeness (QED) is 0.467. The van der Waals surface area contributed by atoms with Crippen molar-refractivity contribution in [2.75, 3.05) is 13.2 Å². The molecular formula is C17H19BrCl2O4. The molecule has 0 N–H and O–H groups in total. The van der Waals surface area contributed by atoms with E-state index in [9.17, 15) is 9.59 Å². The second-order valence-electron chi connectivity index (χ2n) is 6.19. The maximum Gasteiger partial charge on any atom is 0.344 e. The Kier molecular flexibility index (Phi) is 5.88. The highest BCUT2D eigenvalue weighted by molar-refractivity contribution is 9.09. The zero-order valence-electron chi connectivity index (χ0n) is 13.9. The van der Waals surface area contributed by atoms with Crippen LogP contribution in [0, 0.1) is 11.3 Å². The van der Waals surface area contributed by atoms with Crippen LogP contribution < -0.4 is 4.74 Å². The summed E-state index contributed by atoms with van der Waals surface area (Å²) in [6, 6.07) is 1.67. The molecule has 0 saturated heterocycles. The van der Waals surface area contributed by atoms with E-state index in [0.29, 0.717) is 5.56 Å². The first-order valence-corrected chi connectivity index (χ1v) is 9.32. The molecule has 132 valence electrons. The average Bonchev–Trinajstić information content (AvgIpc) is 2.72. The molecule has 24 heavy (non-hydrogen) atoms. The molecule has 1 aliphatic rings. The number of ether oxygens (including phenoxy) is 2. The van der Waals surface area contributed by atoms with Crippen molar-refractivity contribution in [1.82, 2.24) is 0 Å². The standard InChI is InChI=1S/C17H19BrCl2O4/c1-5-23-11(21)7-24-10-6-9-12(14(20)13(10)19)16(22)17(4,8(2)3)15(9)18/h6,8,15H,5,7H2,1-4H3. The second-order valence-corrected chi connectivity index (χ2v) is 7.86. The number of fused-ring (bicyclic) bond motifs is 1. The molecule has 0 aliphatic heterocycles. The van der Waals surface area contributed by atoms with Gasteiger partial charge in [-0.3, -0.25) is 4.79 Å². The maximum absolute atomic E-state index is 12.9. The Labute approximate surface area is 159 Å². The Bertz CT molecular complexity index is 690. The number of halogens is 3. The van der Waals surface area contributed by atoms with Gasteiger partial charge in [0.2, 0.25) is 0 Å². The van der Waals surface area contributed by atoms with E-state index in [2.05, 4.69) is 15.9 Å². The fourth-order valence-corrected chi connectivity index (χ4v) is 4.35. The van der Waals surface area contributed by atoms with Gasteiger partial charge in [0, 0.05) is 11.0 Å². The van der Waals surface area contributed by atoms with E-state index in [1.54, 1.807) is 13.0 Å². The highest BCUT2D eigenvalue weighted by Gasteiger charge is 2.52. The lowest BCUT2D eigenvalue weighted by Crippen LogP contribution is -2.31. The maximum atomic E-state index is 12.9. The molecule has 0 amide bonds. The number of rotatable bonds is 5. The normalized spacial score (nSPS) is 22.7. The lowest BCUT2D eigenvalue weighted by molar-refractivity contribution is -0.145. The van der Waals surface area contributed by atoms with Crippen molar-refractivity contribution in [2.24, 2.45) is 11.3 Å². The van der Waals surface area contributed by atoms with Gasteiger partial charge in [0.05, 0.1) is 16.5 Å². The third-order valence-corrected chi connectivity index (χ3v) is 6.86. The molecule has 2 rings (SSSR count). The Morgan fingerprint density at radius 3 is 2.54 bits per heavy atom. The van der Waals surface area contributed by atoms with Crippen molar-refractivity contribution < 1.29 is 19.1 Å². The minimum Gasteiger partial charge on any atom is -0.480 e. The van der Waals surface area contributed by atoms with Gasteiger partial charge in [-0.25, -0.2) is 4.79 Å². The lowest BCUT2D eigenvalue weighted by atomic mass is 9.76. The summed E-state index contributed by atoms with van der Waals surface area (Å²) >= 11 is 16.2. The van der Waals surface area contributed by atoms with Crippen LogP contribution in [0.25, 0.3) is 0 Å². The zero-order chi connectivity index (χ0) is 18.2. The van der Waals surface area contributed by atoms with Gasteiger partial charge in [0.1, 0.15) is 10.8 Å². The van der Waals surface area contributed by atoms with Crippen molar-refractivity contribution >= 4 is 50.9 Å². The number of Topliss-reactive ketones (excluding diaryl/α,β-unsaturated/α-hetero) is 1. The minimum atomic E-state index is -0.630. The third-order valence-electron chi connectivity index (χ3n) is 4.57. The van der Waals surface area contributed by atoms with E-state index in [0.717, 1.165) is 5.56 Å². The smallest absolute Gasteiger partial charge is 0.344 e.